The molecule has 1 aromatic heterocycles. The van der Waals surface area contributed by atoms with Crippen molar-refractivity contribution in [3.05, 3.63) is 57.9 Å². The molecule has 1 N–H and O–H groups in total. The molecule has 0 bridgehead atoms. The summed E-state index contributed by atoms with van der Waals surface area (Å²) in [7, 11) is 0. The predicted molar refractivity (Wildman–Crippen MR) is 91.1 cm³/mol. The number of rotatable bonds is 4. The van der Waals surface area contributed by atoms with Gasteiger partial charge in [-0.05, 0) is 49.9 Å². The third kappa shape index (κ3) is 3.14. The second kappa shape index (κ2) is 6.09. The highest BCUT2D eigenvalue weighted by Crippen LogP contribution is 2.24. The molecule has 1 aromatic carbocycles. The Morgan fingerprint density at radius 3 is 2.14 bits per heavy atom. The minimum Gasteiger partial charge on any atom is -0.386 e. The van der Waals surface area contributed by atoms with Gasteiger partial charge in [0.15, 0.2) is 0 Å². The Morgan fingerprint density at radius 1 is 1.09 bits per heavy atom. The van der Waals surface area contributed by atoms with Crippen molar-refractivity contribution in [2.45, 2.75) is 52.7 Å². The molecule has 2 rings (SSSR count). The molecule has 0 aliphatic carbocycles. The molecule has 3 nitrogen and oxygen atoms in total. The highest BCUT2D eigenvalue weighted by molar-refractivity contribution is 5.60. The van der Waals surface area contributed by atoms with Crippen LogP contribution in [0.1, 0.15) is 51.7 Å². The van der Waals surface area contributed by atoms with E-state index >= 15 is 0 Å². The van der Waals surface area contributed by atoms with Crippen LogP contribution < -0.4 is 5.56 Å². The zero-order chi connectivity index (χ0) is 16.5. The lowest BCUT2D eigenvalue weighted by Crippen LogP contribution is -2.32. The number of hydrogen-bond donors (Lipinski definition) is 1. The Balaban J connectivity index is 2.57. The number of aliphatic hydroxyl groups is 1. The molecule has 0 aliphatic heterocycles. The summed E-state index contributed by atoms with van der Waals surface area (Å²) in [6, 6.07) is 12.0. The zero-order valence-corrected chi connectivity index (χ0v) is 14.1. The quantitative estimate of drug-likeness (QED) is 0.930. The third-order valence-electron chi connectivity index (χ3n) is 4.02. The van der Waals surface area contributed by atoms with Crippen molar-refractivity contribution in [2.75, 3.05) is 0 Å². The van der Waals surface area contributed by atoms with E-state index in [9.17, 15) is 9.90 Å². The lowest BCUT2D eigenvalue weighted by Gasteiger charge is -2.20. The highest BCUT2D eigenvalue weighted by Gasteiger charge is 2.22. The summed E-state index contributed by atoms with van der Waals surface area (Å²) < 4.78 is 1.72. The largest absolute Gasteiger partial charge is 0.386 e. The van der Waals surface area contributed by atoms with Gasteiger partial charge >= 0.3 is 0 Å². The minimum absolute atomic E-state index is 0.125. The summed E-state index contributed by atoms with van der Waals surface area (Å²) in [4.78, 5) is 12.6. The van der Waals surface area contributed by atoms with Crippen LogP contribution in [0.2, 0.25) is 0 Å². The number of aromatic nitrogens is 1. The molecule has 0 saturated heterocycles. The maximum atomic E-state index is 12.6. The van der Waals surface area contributed by atoms with E-state index in [2.05, 4.69) is 38.1 Å². The van der Waals surface area contributed by atoms with Crippen LogP contribution in [0.25, 0.3) is 11.3 Å². The van der Waals surface area contributed by atoms with Gasteiger partial charge in [-0.2, -0.15) is 0 Å². The topological polar surface area (TPSA) is 42.2 Å². The van der Waals surface area contributed by atoms with Crippen molar-refractivity contribution in [1.82, 2.24) is 4.57 Å². The average molecular weight is 299 g/mol. The first kappa shape index (κ1) is 16.5. The van der Waals surface area contributed by atoms with Crippen LogP contribution in [0.15, 0.2) is 41.2 Å². The molecule has 22 heavy (non-hydrogen) atoms. The van der Waals surface area contributed by atoms with E-state index in [1.165, 1.54) is 5.56 Å². The average Bonchev–Trinajstić information content (AvgIpc) is 2.45. The predicted octanol–water partition coefficient (Wildman–Crippen LogP) is 3.89. The molecule has 3 heteroatoms. The van der Waals surface area contributed by atoms with E-state index in [0.29, 0.717) is 18.0 Å². The Labute approximate surface area is 132 Å². The van der Waals surface area contributed by atoms with Gasteiger partial charge in [-0.15, -0.1) is 0 Å². The molecule has 0 fully saturated rings. The molecule has 2 aromatic rings. The monoisotopic (exact) mass is 299 g/mol. The van der Waals surface area contributed by atoms with Crippen molar-refractivity contribution >= 4 is 0 Å². The van der Waals surface area contributed by atoms with E-state index in [1.54, 1.807) is 24.5 Å². The van der Waals surface area contributed by atoms with Crippen molar-refractivity contribution in [3.63, 3.8) is 0 Å². The van der Waals surface area contributed by atoms with Gasteiger partial charge in [-0.3, -0.25) is 4.79 Å². The SMILES string of the molecule is CCn1c(-c2ccc(C(C)C)cc2)ccc(C(C)(C)O)c1=O. The molecule has 0 saturated carbocycles. The first-order valence-electron chi connectivity index (χ1n) is 7.82. The fourth-order valence-electron chi connectivity index (χ4n) is 2.65. The lowest BCUT2D eigenvalue weighted by molar-refractivity contribution is 0.0765. The van der Waals surface area contributed by atoms with Gasteiger partial charge in [0, 0.05) is 12.1 Å². The van der Waals surface area contributed by atoms with Gasteiger partial charge in [0.25, 0.3) is 5.56 Å². The van der Waals surface area contributed by atoms with Crippen LogP contribution >= 0.6 is 0 Å². The van der Waals surface area contributed by atoms with Crippen LogP contribution in [-0.4, -0.2) is 9.67 Å². The second-order valence-electron chi connectivity index (χ2n) is 6.52. The molecule has 1 heterocycles. The molecule has 0 aliphatic rings. The van der Waals surface area contributed by atoms with Gasteiger partial charge in [-0.1, -0.05) is 38.1 Å². The van der Waals surface area contributed by atoms with E-state index < -0.39 is 5.60 Å². The van der Waals surface area contributed by atoms with Gasteiger partial charge in [-0.25, -0.2) is 0 Å². The van der Waals surface area contributed by atoms with Crippen molar-refractivity contribution in [1.29, 1.82) is 0 Å². The maximum Gasteiger partial charge on any atom is 0.257 e. The number of benzene rings is 1. The maximum absolute atomic E-state index is 12.6. The van der Waals surface area contributed by atoms with Gasteiger partial charge in [0.1, 0.15) is 0 Å². The van der Waals surface area contributed by atoms with E-state index in [4.69, 9.17) is 0 Å². The van der Waals surface area contributed by atoms with Crippen molar-refractivity contribution < 1.29 is 5.11 Å². The molecule has 0 amide bonds. The molecule has 118 valence electrons. The standard InChI is InChI=1S/C19H25NO2/c1-6-20-17(12-11-16(18(20)21)19(4,5)22)15-9-7-14(8-10-15)13(2)3/h7-13,22H,6H2,1-5H3. The zero-order valence-electron chi connectivity index (χ0n) is 14.1. The van der Waals surface area contributed by atoms with Crippen LogP contribution in [0.5, 0.6) is 0 Å². The van der Waals surface area contributed by atoms with Crippen LogP contribution in [0.4, 0.5) is 0 Å². The summed E-state index contributed by atoms with van der Waals surface area (Å²) in [5.41, 5.74) is 2.36. The summed E-state index contributed by atoms with van der Waals surface area (Å²) >= 11 is 0. The summed E-state index contributed by atoms with van der Waals surface area (Å²) in [5.74, 6) is 0.486. The Hall–Kier alpha value is -1.87. The summed E-state index contributed by atoms with van der Waals surface area (Å²) in [6.45, 7) is 10.1. The van der Waals surface area contributed by atoms with Crippen molar-refractivity contribution in [3.8, 4) is 11.3 Å². The Kier molecular flexibility index (Phi) is 4.57. The second-order valence-corrected chi connectivity index (χ2v) is 6.52. The molecular weight excluding hydrogens is 274 g/mol. The van der Waals surface area contributed by atoms with E-state index in [-0.39, 0.29) is 5.56 Å². The Morgan fingerprint density at radius 2 is 1.68 bits per heavy atom. The lowest BCUT2D eigenvalue weighted by atomic mass is 9.97. The molecule has 0 atom stereocenters. The molecular formula is C19H25NO2. The molecule has 0 unspecified atom stereocenters. The smallest absolute Gasteiger partial charge is 0.257 e. The number of pyridine rings is 1. The third-order valence-corrected chi connectivity index (χ3v) is 4.02. The molecule has 0 spiro atoms. The van der Waals surface area contributed by atoms with Gasteiger partial charge < -0.3 is 9.67 Å². The molecule has 0 radical (unpaired) electrons. The van der Waals surface area contributed by atoms with Crippen LogP contribution in [0.3, 0.4) is 0 Å². The van der Waals surface area contributed by atoms with Crippen LogP contribution in [0, 0.1) is 0 Å². The minimum atomic E-state index is -1.13. The normalized spacial score (nSPS) is 12.0. The first-order chi connectivity index (χ1) is 10.3. The van der Waals surface area contributed by atoms with Gasteiger partial charge in [0.2, 0.25) is 0 Å². The van der Waals surface area contributed by atoms with E-state index in [1.807, 2.05) is 13.0 Å². The fraction of sp³-hybridized carbons (Fsp3) is 0.421. The summed E-state index contributed by atoms with van der Waals surface area (Å²) in [6.07, 6.45) is 0. The number of hydrogen-bond acceptors (Lipinski definition) is 2. The van der Waals surface area contributed by atoms with Gasteiger partial charge in [0.05, 0.1) is 11.3 Å². The Bertz CT molecular complexity index is 704. The highest BCUT2D eigenvalue weighted by atomic mass is 16.3. The first-order valence-corrected chi connectivity index (χ1v) is 7.82. The van der Waals surface area contributed by atoms with Crippen LogP contribution in [-0.2, 0) is 12.1 Å². The van der Waals surface area contributed by atoms with E-state index in [0.717, 1.165) is 11.3 Å². The fourth-order valence-corrected chi connectivity index (χ4v) is 2.65. The summed E-state index contributed by atoms with van der Waals surface area (Å²) in [5, 5.41) is 10.1. The number of nitrogens with zero attached hydrogens (tertiary/aromatic N) is 1. The van der Waals surface area contributed by atoms with Crippen molar-refractivity contribution in [2.24, 2.45) is 0 Å².